The zero-order valence-electron chi connectivity index (χ0n) is 12.9. The summed E-state index contributed by atoms with van der Waals surface area (Å²) < 4.78 is 5.86. The van der Waals surface area contributed by atoms with E-state index in [1.165, 1.54) is 0 Å². The highest BCUT2D eigenvalue weighted by atomic mass is 32.1. The second kappa shape index (κ2) is 5.07. The van der Waals surface area contributed by atoms with Crippen molar-refractivity contribution >= 4 is 17.2 Å². The van der Waals surface area contributed by atoms with Gasteiger partial charge in [0.05, 0.1) is 12.1 Å². The van der Waals surface area contributed by atoms with Crippen LogP contribution in [0, 0.1) is 11.3 Å². The third-order valence-corrected chi connectivity index (χ3v) is 6.43. The van der Waals surface area contributed by atoms with Crippen molar-refractivity contribution in [3.63, 3.8) is 0 Å². The van der Waals surface area contributed by atoms with Gasteiger partial charge in [0.25, 0.3) is 0 Å². The summed E-state index contributed by atoms with van der Waals surface area (Å²) in [4.78, 5) is 14.0. The summed E-state index contributed by atoms with van der Waals surface area (Å²) in [5.74, 6) is 0.0944. The van der Waals surface area contributed by atoms with E-state index in [4.69, 9.17) is 10.5 Å². The van der Waals surface area contributed by atoms with Gasteiger partial charge in [0.1, 0.15) is 5.54 Å². The van der Waals surface area contributed by atoms with Crippen molar-refractivity contribution in [1.29, 1.82) is 0 Å². The maximum Gasteiger partial charge on any atom is 0.241 e. The van der Waals surface area contributed by atoms with Crippen molar-refractivity contribution in [3.8, 4) is 0 Å². The molecule has 3 rings (SSSR count). The molecule has 2 aliphatic rings. The molecule has 1 aliphatic heterocycles. The Balaban J connectivity index is 1.77. The predicted molar refractivity (Wildman–Crippen MR) is 84.0 cm³/mol. The van der Waals surface area contributed by atoms with E-state index in [1.54, 1.807) is 11.3 Å². The number of amides is 1. The molecule has 1 aromatic heterocycles. The molecule has 1 saturated carbocycles. The predicted octanol–water partition coefficient (Wildman–Crippen LogP) is 2.46. The van der Waals surface area contributed by atoms with Gasteiger partial charge in [-0.15, -0.1) is 11.3 Å². The fourth-order valence-electron chi connectivity index (χ4n) is 3.96. The maximum atomic E-state index is 12.8. The molecule has 0 aromatic carbocycles. The third kappa shape index (κ3) is 2.05. The lowest BCUT2D eigenvalue weighted by atomic mass is 9.46. The summed E-state index contributed by atoms with van der Waals surface area (Å²) in [7, 11) is 0. The van der Waals surface area contributed by atoms with Crippen LogP contribution in [-0.2, 0) is 9.53 Å². The molecule has 3 N–H and O–H groups in total. The van der Waals surface area contributed by atoms with Gasteiger partial charge in [-0.2, -0.15) is 0 Å². The van der Waals surface area contributed by atoms with Gasteiger partial charge in [-0.3, -0.25) is 4.79 Å². The molecule has 2 fully saturated rings. The van der Waals surface area contributed by atoms with E-state index in [-0.39, 0.29) is 29.4 Å². The summed E-state index contributed by atoms with van der Waals surface area (Å²) in [6.45, 7) is 6.89. The van der Waals surface area contributed by atoms with Gasteiger partial charge in [-0.05, 0) is 31.2 Å². The van der Waals surface area contributed by atoms with Gasteiger partial charge in [0.2, 0.25) is 5.91 Å². The Hall–Kier alpha value is -0.910. The number of ether oxygens (including phenoxy) is 1. The second-order valence-electron chi connectivity index (χ2n) is 6.84. The van der Waals surface area contributed by atoms with Crippen LogP contribution in [0.3, 0.4) is 0 Å². The molecule has 4 nitrogen and oxygen atoms in total. The smallest absolute Gasteiger partial charge is 0.241 e. The summed E-state index contributed by atoms with van der Waals surface area (Å²) in [6.07, 6.45) is 2.08. The Bertz CT molecular complexity index is 528. The van der Waals surface area contributed by atoms with Gasteiger partial charge >= 0.3 is 0 Å². The molecule has 21 heavy (non-hydrogen) atoms. The fourth-order valence-corrected chi connectivity index (χ4v) is 4.70. The van der Waals surface area contributed by atoms with Crippen LogP contribution in [0.4, 0.5) is 0 Å². The lowest BCUT2D eigenvalue weighted by Gasteiger charge is -2.65. The molecule has 0 radical (unpaired) electrons. The van der Waals surface area contributed by atoms with Gasteiger partial charge in [0.15, 0.2) is 0 Å². The number of hydrogen-bond donors (Lipinski definition) is 2. The minimum absolute atomic E-state index is 0.00251. The zero-order chi connectivity index (χ0) is 15.3. The van der Waals surface area contributed by atoms with Crippen LogP contribution in [0.1, 0.15) is 44.5 Å². The number of carbonyl (C=O) groups is 1. The molecule has 116 valence electrons. The number of fused-ring (bicyclic) bond motifs is 1. The molecule has 1 aliphatic carbocycles. The lowest BCUT2D eigenvalue weighted by Crippen LogP contribution is -2.82. The van der Waals surface area contributed by atoms with Crippen LogP contribution in [-0.4, -0.2) is 24.2 Å². The van der Waals surface area contributed by atoms with Crippen molar-refractivity contribution in [1.82, 2.24) is 5.32 Å². The SMILES string of the molecule is C[C@@H](NC(=O)C1(N)C2CCCOC2C1(C)C)c1cccs1. The molecule has 4 atom stereocenters. The van der Waals surface area contributed by atoms with Gasteiger partial charge < -0.3 is 15.8 Å². The Morgan fingerprint density at radius 2 is 2.33 bits per heavy atom. The van der Waals surface area contributed by atoms with Crippen LogP contribution in [0.2, 0.25) is 0 Å². The van der Waals surface area contributed by atoms with Crippen molar-refractivity contribution in [2.45, 2.75) is 51.3 Å². The van der Waals surface area contributed by atoms with Crippen LogP contribution in [0.5, 0.6) is 0 Å². The highest BCUT2D eigenvalue weighted by molar-refractivity contribution is 7.10. The molecular weight excluding hydrogens is 284 g/mol. The minimum atomic E-state index is -0.830. The first-order chi connectivity index (χ1) is 9.89. The summed E-state index contributed by atoms with van der Waals surface area (Å²) in [6, 6.07) is 4.04. The number of nitrogens with two attached hydrogens (primary N) is 1. The Morgan fingerprint density at radius 1 is 1.57 bits per heavy atom. The number of hydrogen-bond acceptors (Lipinski definition) is 4. The number of carbonyl (C=O) groups excluding carboxylic acids is 1. The van der Waals surface area contributed by atoms with E-state index in [1.807, 2.05) is 24.4 Å². The molecule has 5 heteroatoms. The van der Waals surface area contributed by atoms with E-state index in [9.17, 15) is 4.79 Å². The Morgan fingerprint density at radius 3 is 3.00 bits per heavy atom. The number of rotatable bonds is 3. The topological polar surface area (TPSA) is 64.4 Å². The van der Waals surface area contributed by atoms with Crippen LogP contribution >= 0.6 is 11.3 Å². The molecule has 2 heterocycles. The molecule has 0 bridgehead atoms. The fraction of sp³-hybridized carbons (Fsp3) is 0.688. The first kappa shape index (κ1) is 15.0. The van der Waals surface area contributed by atoms with Crippen molar-refractivity contribution in [2.24, 2.45) is 17.1 Å². The van der Waals surface area contributed by atoms with E-state index >= 15 is 0 Å². The van der Waals surface area contributed by atoms with Gasteiger partial charge in [-0.1, -0.05) is 19.9 Å². The van der Waals surface area contributed by atoms with E-state index in [0.29, 0.717) is 0 Å². The largest absolute Gasteiger partial charge is 0.377 e. The normalized spacial score (nSPS) is 35.4. The average Bonchev–Trinajstić information content (AvgIpc) is 3.00. The van der Waals surface area contributed by atoms with Crippen molar-refractivity contribution in [2.75, 3.05) is 6.61 Å². The first-order valence-corrected chi connectivity index (χ1v) is 8.52. The highest BCUT2D eigenvalue weighted by Crippen LogP contribution is 2.57. The molecule has 1 saturated heterocycles. The van der Waals surface area contributed by atoms with Crippen LogP contribution < -0.4 is 11.1 Å². The number of thiophene rings is 1. The second-order valence-corrected chi connectivity index (χ2v) is 7.82. The lowest BCUT2D eigenvalue weighted by molar-refractivity contribution is -0.225. The first-order valence-electron chi connectivity index (χ1n) is 7.64. The van der Waals surface area contributed by atoms with Gasteiger partial charge in [0, 0.05) is 22.8 Å². The van der Waals surface area contributed by atoms with Crippen molar-refractivity contribution in [3.05, 3.63) is 22.4 Å². The molecule has 0 spiro atoms. The quantitative estimate of drug-likeness (QED) is 0.901. The van der Waals surface area contributed by atoms with Crippen molar-refractivity contribution < 1.29 is 9.53 Å². The summed E-state index contributed by atoms with van der Waals surface area (Å²) in [5.41, 5.74) is 5.44. The monoisotopic (exact) mass is 308 g/mol. The van der Waals surface area contributed by atoms with E-state index in [2.05, 4.69) is 19.2 Å². The molecular formula is C16H24N2O2S. The van der Waals surface area contributed by atoms with E-state index < -0.39 is 5.54 Å². The minimum Gasteiger partial charge on any atom is -0.377 e. The molecule has 1 amide bonds. The maximum absolute atomic E-state index is 12.8. The summed E-state index contributed by atoms with van der Waals surface area (Å²) in [5, 5.41) is 5.13. The van der Waals surface area contributed by atoms with Crippen LogP contribution in [0.15, 0.2) is 17.5 Å². The third-order valence-electron chi connectivity index (χ3n) is 5.38. The van der Waals surface area contributed by atoms with E-state index in [0.717, 1.165) is 24.3 Å². The summed E-state index contributed by atoms with van der Waals surface area (Å²) >= 11 is 1.65. The number of nitrogens with one attached hydrogen (secondary N) is 1. The average molecular weight is 308 g/mol. The molecule has 1 aromatic rings. The highest BCUT2D eigenvalue weighted by Gasteiger charge is 2.70. The molecule has 3 unspecified atom stereocenters. The van der Waals surface area contributed by atoms with Gasteiger partial charge in [-0.25, -0.2) is 0 Å². The Kier molecular flexibility index (Phi) is 3.62. The van der Waals surface area contributed by atoms with Crippen LogP contribution in [0.25, 0.3) is 0 Å². The Labute approximate surface area is 130 Å². The standard InChI is InChI=1S/C16H24N2O2S/c1-10(12-7-5-9-21-12)18-14(19)16(17)11-6-4-8-20-13(11)15(16,2)3/h5,7,9-11,13H,4,6,8,17H2,1-3H3,(H,18,19)/t10-,11?,13?,16?/m1/s1. The zero-order valence-corrected chi connectivity index (χ0v) is 13.7.